The highest BCUT2D eigenvalue weighted by Gasteiger charge is 2.22. The van der Waals surface area contributed by atoms with E-state index in [0.717, 1.165) is 24.5 Å². The molecule has 4 nitrogen and oxygen atoms in total. The van der Waals surface area contributed by atoms with Gasteiger partial charge >= 0.3 is 0 Å². The molecule has 0 saturated heterocycles. The van der Waals surface area contributed by atoms with E-state index in [2.05, 4.69) is 22.1 Å². The molecule has 4 heteroatoms. The summed E-state index contributed by atoms with van der Waals surface area (Å²) in [4.78, 5) is 4.64. The SMILES string of the molecule is CCCC(CN)c1n[nH]c(C2CCCC2)n1. The van der Waals surface area contributed by atoms with E-state index in [1.807, 2.05) is 0 Å². The quantitative estimate of drug-likeness (QED) is 0.803. The molecule has 0 spiro atoms. The number of hydrogen-bond acceptors (Lipinski definition) is 3. The smallest absolute Gasteiger partial charge is 0.155 e. The fraction of sp³-hybridized carbons (Fsp3) is 0.833. The summed E-state index contributed by atoms with van der Waals surface area (Å²) in [5, 5.41) is 7.44. The first-order valence-electron chi connectivity index (χ1n) is 6.47. The van der Waals surface area contributed by atoms with Crippen molar-refractivity contribution in [2.75, 3.05) is 6.54 Å². The van der Waals surface area contributed by atoms with Gasteiger partial charge in [0.25, 0.3) is 0 Å². The van der Waals surface area contributed by atoms with Gasteiger partial charge < -0.3 is 5.73 Å². The molecule has 1 atom stereocenters. The van der Waals surface area contributed by atoms with Crippen LogP contribution in [0.3, 0.4) is 0 Å². The molecular weight excluding hydrogens is 200 g/mol. The molecule has 0 radical (unpaired) electrons. The Morgan fingerprint density at radius 1 is 1.44 bits per heavy atom. The van der Waals surface area contributed by atoms with Crippen LogP contribution < -0.4 is 5.73 Å². The summed E-state index contributed by atoms with van der Waals surface area (Å²) in [7, 11) is 0. The summed E-state index contributed by atoms with van der Waals surface area (Å²) in [6, 6.07) is 0. The molecule has 3 N–H and O–H groups in total. The van der Waals surface area contributed by atoms with Crippen molar-refractivity contribution in [2.24, 2.45) is 5.73 Å². The highest BCUT2D eigenvalue weighted by atomic mass is 15.2. The van der Waals surface area contributed by atoms with Crippen molar-refractivity contribution >= 4 is 0 Å². The van der Waals surface area contributed by atoms with Crippen LogP contribution in [0.4, 0.5) is 0 Å². The van der Waals surface area contributed by atoms with Crippen LogP contribution in [0.1, 0.15) is 68.9 Å². The molecule has 0 aromatic carbocycles. The molecule has 1 unspecified atom stereocenters. The maximum Gasteiger partial charge on any atom is 0.155 e. The third kappa shape index (κ3) is 2.43. The van der Waals surface area contributed by atoms with Crippen LogP contribution in [0.2, 0.25) is 0 Å². The first-order valence-corrected chi connectivity index (χ1v) is 6.47. The van der Waals surface area contributed by atoms with Crippen LogP contribution in [0.25, 0.3) is 0 Å². The van der Waals surface area contributed by atoms with E-state index >= 15 is 0 Å². The van der Waals surface area contributed by atoms with Crippen LogP contribution >= 0.6 is 0 Å². The van der Waals surface area contributed by atoms with Gasteiger partial charge in [0.15, 0.2) is 5.82 Å². The Labute approximate surface area is 97.0 Å². The second-order valence-electron chi connectivity index (χ2n) is 4.78. The Kier molecular flexibility index (Phi) is 3.93. The average molecular weight is 222 g/mol. The Morgan fingerprint density at radius 3 is 2.81 bits per heavy atom. The summed E-state index contributed by atoms with van der Waals surface area (Å²) >= 11 is 0. The number of hydrogen-bond donors (Lipinski definition) is 2. The first-order chi connectivity index (χ1) is 7.85. The number of aromatic amines is 1. The van der Waals surface area contributed by atoms with Crippen LogP contribution in [0, 0.1) is 0 Å². The average Bonchev–Trinajstić information content (AvgIpc) is 2.95. The van der Waals surface area contributed by atoms with E-state index < -0.39 is 0 Å². The number of nitrogens with zero attached hydrogens (tertiary/aromatic N) is 2. The molecule has 16 heavy (non-hydrogen) atoms. The van der Waals surface area contributed by atoms with Gasteiger partial charge in [-0.3, -0.25) is 5.10 Å². The lowest BCUT2D eigenvalue weighted by Crippen LogP contribution is -2.13. The van der Waals surface area contributed by atoms with Crippen molar-refractivity contribution in [1.82, 2.24) is 15.2 Å². The summed E-state index contributed by atoms with van der Waals surface area (Å²) in [5.41, 5.74) is 5.76. The van der Waals surface area contributed by atoms with Crippen molar-refractivity contribution < 1.29 is 0 Å². The number of aromatic nitrogens is 3. The predicted octanol–water partition coefficient (Wildman–Crippen LogP) is 2.30. The topological polar surface area (TPSA) is 67.6 Å². The summed E-state index contributed by atoms with van der Waals surface area (Å²) in [6.45, 7) is 2.82. The van der Waals surface area contributed by atoms with Crippen LogP contribution in [-0.2, 0) is 0 Å². The Balaban J connectivity index is 2.05. The van der Waals surface area contributed by atoms with Crippen molar-refractivity contribution in [3.8, 4) is 0 Å². The minimum Gasteiger partial charge on any atom is -0.330 e. The molecule has 0 amide bonds. The van der Waals surface area contributed by atoms with Gasteiger partial charge in [0, 0.05) is 18.4 Å². The predicted molar refractivity (Wildman–Crippen MR) is 64.3 cm³/mol. The van der Waals surface area contributed by atoms with Gasteiger partial charge in [-0.2, -0.15) is 5.10 Å². The Bertz CT molecular complexity index is 315. The molecule has 1 saturated carbocycles. The summed E-state index contributed by atoms with van der Waals surface area (Å²) in [5.74, 6) is 2.95. The van der Waals surface area contributed by atoms with E-state index in [4.69, 9.17) is 5.73 Å². The Morgan fingerprint density at radius 2 is 2.19 bits per heavy atom. The molecule has 0 aliphatic heterocycles. The molecule has 0 bridgehead atoms. The zero-order chi connectivity index (χ0) is 11.4. The number of nitrogens with two attached hydrogens (primary N) is 1. The van der Waals surface area contributed by atoms with E-state index in [0.29, 0.717) is 18.4 Å². The molecule has 1 fully saturated rings. The van der Waals surface area contributed by atoms with Crippen molar-refractivity contribution in [2.45, 2.75) is 57.3 Å². The fourth-order valence-corrected chi connectivity index (χ4v) is 2.55. The molecule has 1 heterocycles. The summed E-state index contributed by atoms with van der Waals surface area (Å²) in [6.07, 6.45) is 7.39. The van der Waals surface area contributed by atoms with Gasteiger partial charge in [0.1, 0.15) is 5.82 Å². The van der Waals surface area contributed by atoms with Gasteiger partial charge in [-0.15, -0.1) is 0 Å². The van der Waals surface area contributed by atoms with Gasteiger partial charge in [0.05, 0.1) is 0 Å². The number of rotatable bonds is 5. The minimum atomic E-state index is 0.330. The normalized spacial score (nSPS) is 19.1. The van der Waals surface area contributed by atoms with Crippen LogP contribution in [0.5, 0.6) is 0 Å². The van der Waals surface area contributed by atoms with Crippen molar-refractivity contribution in [3.05, 3.63) is 11.6 Å². The molecule has 1 aromatic heterocycles. The lowest BCUT2D eigenvalue weighted by atomic mass is 10.0. The minimum absolute atomic E-state index is 0.330. The standard InChI is InChI=1S/C12H22N4/c1-2-5-10(8-13)12-14-11(15-16-12)9-6-3-4-7-9/h9-10H,2-8,13H2,1H3,(H,14,15,16). The van der Waals surface area contributed by atoms with Gasteiger partial charge in [-0.05, 0) is 19.3 Å². The lowest BCUT2D eigenvalue weighted by Gasteiger charge is -2.08. The second kappa shape index (κ2) is 5.43. The maximum absolute atomic E-state index is 5.76. The summed E-state index contributed by atoms with van der Waals surface area (Å²) < 4.78 is 0. The Hall–Kier alpha value is -0.900. The third-order valence-corrected chi connectivity index (χ3v) is 3.55. The number of nitrogens with one attached hydrogen (secondary N) is 1. The van der Waals surface area contributed by atoms with Crippen molar-refractivity contribution in [1.29, 1.82) is 0 Å². The van der Waals surface area contributed by atoms with E-state index in [1.165, 1.54) is 25.7 Å². The van der Waals surface area contributed by atoms with E-state index in [9.17, 15) is 0 Å². The maximum atomic E-state index is 5.76. The van der Waals surface area contributed by atoms with Crippen LogP contribution in [0.15, 0.2) is 0 Å². The van der Waals surface area contributed by atoms with Gasteiger partial charge in [-0.1, -0.05) is 26.2 Å². The third-order valence-electron chi connectivity index (χ3n) is 3.55. The largest absolute Gasteiger partial charge is 0.330 e. The monoisotopic (exact) mass is 222 g/mol. The molecule has 2 rings (SSSR count). The van der Waals surface area contributed by atoms with Gasteiger partial charge in [0.2, 0.25) is 0 Å². The number of H-pyrrole nitrogens is 1. The molecule has 1 aromatic rings. The lowest BCUT2D eigenvalue weighted by molar-refractivity contribution is 0.589. The highest BCUT2D eigenvalue weighted by Crippen LogP contribution is 2.32. The second-order valence-corrected chi connectivity index (χ2v) is 4.78. The fourth-order valence-electron chi connectivity index (χ4n) is 2.55. The van der Waals surface area contributed by atoms with Gasteiger partial charge in [-0.25, -0.2) is 4.98 Å². The van der Waals surface area contributed by atoms with Crippen LogP contribution in [-0.4, -0.2) is 21.7 Å². The van der Waals surface area contributed by atoms with Crippen molar-refractivity contribution in [3.63, 3.8) is 0 Å². The molecule has 90 valence electrons. The molecule has 1 aliphatic rings. The van der Waals surface area contributed by atoms with E-state index in [-0.39, 0.29) is 0 Å². The van der Waals surface area contributed by atoms with E-state index in [1.54, 1.807) is 0 Å². The molecular formula is C12H22N4. The zero-order valence-electron chi connectivity index (χ0n) is 10.1. The molecule has 1 aliphatic carbocycles. The highest BCUT2D eigenvalue weighted by molar-refractivity contribution is 5.03. The first kappa shape index (κ1) is 11.6. The zero-order valence-corrected chi connectivity index (χ0v) is 10.1.